The van der Waals surface area contributed by atoms with Crippen LogP contribution >= 0.6 is 0 Å². The van der Waals surface area contributed by atoms with Crippen molar-refractivity contribution in [3.63, 3.8) is 0 Å². The number of hydrogen-bond acceptors (Lipinski definition) is 2. The Morgan fingerprint density at radius 2 is 1.84 bits per heavy atom. The van der Waals surface area contributed by atoms with E-state index in [9.17, 15) is 0 Å². The van der Waals surface area contributed by atoms with Crippen LogP contribution in [-0.4, -0.2) is 38.0 Å². The van der Waals surface area contributed by atoms with Crippen molar-refractivity contribution in [3.05, 3.63) is 29.3 Å². The molecule has 1 aromatic rings. The van der Waals surface area contributed by atoms with Crippen molar-refractivity contribution in [2.24, 2.45) is 10.7 Å². The highest BCUT2D eigenvalue weighted by molar-refractivity contribution is 5.78. The number of hydrogen-bond donors (Lipinski definition) is 1. The van der Waals surface area contributed by atoms with Gasteiger partial charge >= 0.3 is 0 Å². The molecule has 2 N–H and O–H groups in total. The molecule has 0 saturated heterocycles. The second kappa shape index (κ2) is 7.02. The summed E-state index contributed by atoms with van der Waals surface area (Å²) in [6.07, 6.45) is 0. The Morgan fingerprint density at radius 3 is 2.32 bits per heavy atom. The lowest BCUT2D eigenvalue weighted by Crippen LogP contribution is -2.37. The van der Waals surface area contributed by atoms with Crippen LogP contribution in [0.3, 0.4) is 0 Å². The molecule has 0 aliphatic rings. The predicted molar refractivity (Wildman–Crippen MR) is 83.8 cm³/mol. The van der Waals surface area contributed by atoms with Crippen LogP contribution in [0.1, 0.15) is 25.0 Å². The van der Waals surface area contributed by atoms with Gasteiger partial charge in [0.2, 0.25) is 0 Å². The molecule has 4 heteroatoms. The zero-order chi connectivity index (χ0) is 14.4. The summed E-state index contributed by atoms with van der Waals surface area (Å²) in [6, 6.07) is 6.42. The SMILES string of the molecule is CCN(CC)C(N)=NCc1ccc(N(C)C)cc1C. The van der Waals surface area contributed by atoms with Gasteiger partial charge in [-0.25, -0.2) is 4.99 Å². The van der Waals surface area contributed by atoms with Crippen molar-refractivity contribution in [3.8, 4) is 0 Å². The van der Waals surface area contributed by atoms with Crippen LogP contribution in [0.15, 0.2) is 23.2 Å². The van der Waals surface area contributed by atoms with E-state index >= 15 is 0 Å². The first-order chi connectivity index (χ1) is 8.99. The minimum absolute atomic E-state index is 0.626. The minimum atomic E-state index is 0.626. The summed E-state index contributed by atoms with van der Waals surface area (Å²) in [4.78, 5) is 8.64. The Hall–Kier alpha value is -1.71. The lowest BCUT2D eigenvalue weighted by Gasteiger charge is -2.19. The Morgan fingerprint density at radius 1 is 1.21 bits per heavy atom. The monoisotopic (exact) mass is 262 g/mol. The molecular formula is C15H26N4. The van der Waals surface area contributed by atoms with Gasteiger partial charge in [0.15, 0.2) is 5.96 Å². The third kappa shape index (κ3) is 4.16. The lowest BCUT2D eigenvalue weighted by molar-refractivity contribution is 0.458. The number of nitrogens with zero attached hydrogens (tertiary/aromatic N) is 3. The van der Waals surface area contributed by atoms with Gasteiger partial charge in [-0.1, -0.05) is 6.07 Å². The van der Waals surface area contributed by atoms with E-state index in [2.05, 4.69) is 53.8 Å². The molecule has 0 heterocycles. The maximum absolute atomic E-state index is 5.98. The molecule has 0 radical (unpaired) electrons. The van der Waals surface area contributed by atoms with Crippen LogP contribution in [0.4, 0.5) is 5.69 Å². The van der Waals surface area contributed by atoms with Gasteiger partial charge < -0.3 is 15.5 Å². The average Bonchev–Trinajstić information content (AvgIpc) is 2.38. The van der Waals surface area contributed by atoms with Crippen LogP contribution in [0.2, 0.25) is 0 Å². The van der Waals surface area contributed by atoms with Gasteiger partial charge in [0.25, 0.3) is 0 Å². The number of aliphatic imine (C=N–C) groups is 1. The fourth-order valence-corrected chi connectivity index (χ4v) is 1.95. The largest absolute Gasteiger partial charge is 0.378 e. The van der Waals surface area contributed by atoms with Crippen LogP contribution < -0.4 is 10.6 Å². The standard InChI is InChI=1S/C15H26N4/c1-6-19(7-2)15(16)17-11-13-8-9-14(18(4)5)10-12(13)3/h8-10H,6-7,11H2,1-5H3,(H2,16,17). The molecule has 0 spiro atoms. The third-order valence-corrected chi connectivity index (χ3v) is 3.34. The zero-order valence-corrected chi connectivity index (χ0v) is 12.8. The van der Waals surface area contributed by atoms with Crippen molar-refractivity contribution in [2.75, 3.05) is 32.1 Å². The van der Waals surface area contributed by atoms with Gasteiger partial charge in [-0.3, -0.25) is 0 Å². The van der Waals surface area contributed by atoms with Gasteiger partial charge in [0.1, 0.15) is 0 Å². The molecule has 1 aromatic carbocycles. The molecule has 0 fully saturated rings. The summed E-state index contributed by atoms with van der Waals surface area (Å²) in [7, 11) is 4.09. The van der Waals surface area contributed by atoms with Crippen LogP contribution in [0, 0.1) is 6.92 Å². The molecule has 19 heavy (non-hydrogen) atoms. The molecule has 106 valence electrons. The molecule has 0 unspecified atom stereocenters. The molecule has 0 atom stereocenters. The van der Waals surface area contributed by atoms with Crippen LogP contribution in [0.5, 0.6) is 0 Å². The summed E-state index contributed by atoms with van der Waals surface area (Å²) >= 11 is 0. The molecule has 0 aliphatic heterocycles. The van der Waals surface area contributed by atoms with Gasteiger partial charge in [0, 0.05) is 32.9 Å². The van der Waals surface area contributed by atoms with Crippen molar-refractivity contribution >= 4 is 11.6 Å². The summed E-state index contributed by atoms with van der Waals surface area (Å²) in [5.41, 5.74) is 9.67. The Labute approximate surface area is 116 Å². The quantitative estimate of drug-likeness (QED) is 0.653. The molecule has 0 aliphatic carbocycles. The predicted octanol–water partition coefficient (Wildman–Crippen LogP) is 2.22. The van der Waals surface area contributed by atoms with Crippen molar-refractivity contribution in [1.29, 1.82) is 0 Å². The summed E-state index contributed by atoms with van der Waals surface area (Å²) < 4.78 is 0. The second-order valence-corrected chi connectivity index (χ2v) is 4.85. The van der Waals surface area contributed by atoms with E-state index in [0.717, 1.165) is 13.1 Å². The topological polar surface area (TPSA) is 44.9 Å². The van der Waals surface area contributed by atoms with Gasteiger partial charge in [-0.05, 0) is 44.0 Å². The number of aryl methyl sites for hydroxylation is 1. The van der Waals surface area contributed by atoms with Crippen LogP contribution in [0.25, 0.3) is 0 Å². The van der Waals surface area contributed by atoms with Gasteiger partial charge in [-0.15, -0.1) is 0 Å². The lowest BCUT2D eigenvalue weighted by atomic mass is 10.1. The number of nitrogens with two attached hydrogens (primary N) is 1. The molecule has 0 aromatic heterocycles. The first-order valence-corrected chi connectivity index (χ1v) is 6.81. The number of anilines is 1. The minimum Gasteiger partial charge on any atom is -0.378 e. The number of rotatable bonds is 5. The molecule has 0 saturated carbocycles. The molecule has 1 rings (SSSR count). The van der Waals surface area contributed by atoms with Gasteiger partial charge in [0.05, 0.1) is 6.54 Å². The maximum Gasteiger partial charge on any atom is 0.191 e. The Kier molecular flexibility index (Phi) is 5.67. The normalized spacial score (nSPS) is 11.5. The highest BCUT2D eigenvalue weighted by Crippen LogP contribution is 2.18. The third-order valence-electron chi connectivity index (χ3n) is 3.34. The number of guanidine groups is 1. The van der Waals surface area contributed by atoms with Crippen molar-refractivity contribution in [1.82, 2.24) is 4.90 Å². The first-order valence-electron chi connectivity index (χ1n) is 6.81. The summed E-state index contributed by atoms with van der Waals surface area (Å²) in [5.74, 6) is 0.626. The van der Waals surface area contributed by atoms with E-state index in [4.69, 9.17) is 5.73 Å². The van der Waals surface area contributed by atoms with E-state index < -0.39 is 0 Å². The highest BCUT2D eigenvalue weighted by atomic mass is 15.2. The summed E-state index contributed by atoms with van der Waals surface area (Å²) in [5, 5.41) is 0. The summed E-state index contributed by atoms with van der Waals surface area (Å²) in [6.45, 7) is 8.72. The highest BCUT2D eigenvalue weighted by Gasteiger charge is 2.04. The first kappa shape index (κ1) is 15.3. The average molecular weight is 262 g/mol. The van der Waals surface area contributed by atoms with E-state index in [-0.39, 0.29) is 0 Å². The van der Waals surface area contributed by atoms with E-state index in [1.54, 1.807) is 0 Å². The van der Waals surface area contributed by atoms with E-state index in [0.29, 0.717) is 12.5 Å². The molecule has 0 bridgehead atoms. The van der Waals surface area contributed by atoms with Gasteiger partial charge in [-0.2, -0.15) is 0 Å². The van der Waals surface area contributed by atoms with E-state index in [1.165, 1.54) is 16.8 Å². The molecule has 0 amide bonds. The molecule has 4 nitrogen and oxygen atoms in total. The van der Waals surface area contributed by atoms with Crippen LogP contribution in [-0.2, 0) is 6.54 Å². The Balaban J connectivity index is 2.80. The number of benzene rings is 1. The maximum atomic E-state index is 5.98. The smallest absolute Gasteiger partial charge is 0.191 e. The Bertz CT molecular complexity index is 434. The van der Waals surface area contributed by atoms with Crippen molar-refractivity contribution in [2.45, 2.75) is 27.3 Å². The van der Waals surface area contributed by atoms with Crippen molar-refractivity contribution < 1.29 is 0 Å². The van der Waals surface area contributed by atoms with E-state index in [1.807, 2.05) is 14.1 Å². The second-order valence-electron chi connectivity index (χ2n) is 4.85. The zero-order valence-electron chi connectivity index (χ0n) is 12.8. The fraction of sp³-hybridized carbons (Fsp3) is 0.533. The molecular weight excluding hydrogens is 236 g/mol. The fourth-order valence-electron chi connectivity index (χ4n) is 1.95.